The van der Waals surface area contributed by atoms with Gasteiger partial charge in [-0.3, -0.25) is 0 Å². The largest absolute Gasteiger partial charge is 0.392 e. The molecule has 1 aliphatic rings. The van der Waals surface area contributed by atoms with E-state index in [-0.39, 0.29) is 6.10 Å². The van der Waals surface area contributed by atoms with E-state index in [1.165, 1.54) is 25.0 Å². The van der Waals surface area contributed by atoms with Gasteiger partial charge in [0, 0.05) is 12.1 Å². The molecular weight excluding hydrogens is 194 g/mol. The molecule has 1 aliphatic carbocycles. The highest BCUT2D eigenvalue weighted by molar-refractivity contribution is 7.98. The average molecular weight is 217 g/mol. The van der Waals surface area contributed by atoms with Crippen LogP contribution in [0.25, 0.3) is 0 Å². The van der Waals surface area contributed by atoms with Crippen LogP contribution in [0.1, 0.15) is 39.0 Å². The van der Waals surface area contributed by atoms with Gasteiger partial charge < -0.3 is 10.4 Å². The normalized spacial score (nSPS) is 30.2. The summed E-state index contributed by atoms with van der Waals surface area (Å²) >= 11 is 1.89. The molecular formula is C11H23NOS. The number of nitrogens with one attached hydrogen (secondary N) is 1. The summed E-state index contributed by atoms with van der Waals surface area (Å²) in [4.78, 5) is 0. The zero-order valence-corrected chi connectivity index (χ0v) is 10.1. The van der Waals surface area contributed by atoms with E-state index in [1.807, 2.05) is 11.8 Å². The van der Waals surface area contributed by atoms with Crippen LogP contribution in [0.4, 0.5) is 0 Å². The second-order valence-corrected chi connectivity index (χ2v) is 5.29. The van der Waals surface area contributed by atoms with Gasteiger partial charge in [0.1, 0.15) is 0 Å². The summed E-state index contributed by atoms with van der Waals surface area (Å²) < 4.78 is 0. The van der Waals surface area contributed by atoms with Gasteiger partial charge in [-0.2, -0.15) is 11.8 Å². The second kappa shape index (κ2) is 6.70. The number of rotatable bonds is 5. The number of aliphatic hydroxyl groups excluding tert-OH is 1. The fourth-order valence-corrected chi connectivity index (χ4v) is 2.64. The monoisotopic (exact) mass is 217 g/mol. The summed E-state index contributed by atoms with van der Waals surface area (Å²) in [5, 5.41) is 13.3. The lowest BCUT2D eigenvalue weighted by Gasteiger charge is -2.31. The van der Waals surface area contributed by atoms with Crippen molar-refractivity contribution in [2.24, 2.45) is 0 Å². The SMILES string of the molecule is CSCCC(C)NC1CCCCC1O. The minimum Gasteiger partial charge on any atom is -0.392 e. The Morgan fingerprint density at radius 3 is 2.79 bits per heavy atom. The van der Waals surface area contributed by atoms with Gasteiger partial charge in [0.05, 0.1) is 6.10 Å². The van der Waals surface area contributed by atoms with E-state index in [2.05, 4.69) is 18.5 Å². The maximum Gasteiger partial charge on any atom is 0.0693 e. The van der Waals surface area contributed by atoms with Crippen molar-refractivity contribution in [2.75, 3.05) is 12.0 Å². The van der Waals surface area contributed by atoms with Gasteiger partial charge >= 0.3 is 0 Å². The van der Waals surface area contributed by atoms with E-state index in [0.717, 1.165) is 12.8 Å². The third kappa shape index (κ3) is 4.20. The summed E-state index contributed by atoms with van der Waals surface area (Å²) in [6.07, 6.45) is 7.81. The predicted octanol–water partition coefficient (Wildman–Crippen LogP) is 2.02. The molecule has 2 nitrogen and oxygen atoms in total. The van der Waals surface area contributed by atoms with Crippen molar-refractivity contribution in [1.82, 2.24) is 5.32 Å². The molecule has 1 saturated carbocycles. The molecule has 0 spiro atoms. The van der Waals surface area contributed by atoms with Gasteiger partial charge in [0.25, 0.3) is 0 Å². The Hall–Kier alpha value is 0.270. The van der Waals surface area contributed by atoms with Gasteiger partial charge in [-0.1, -0.05) is 12.8 Å². The lowest BCUT2D eigenvalue weighted by molar-refractivity contribution is 0.0858. The third-order valence-electron chi connectivity index (χ3n) is 2.98. The molecule has 0 bridgehead atoms. The highest BCUT2D eigenvalue weighted by Gasteiger charge is 2.23. The van der Waals surface area contributed by atoms with Gasteiger partial charge in [0.2, 0.25) is 0 Å². The first kappa shape index (κ1) is 12.3. The Balaban J connectivity index is 2.20. The van der Waals surface area contributed by atoms with Crippen molar-refractivity contribution in [2.45, 2.75) is 57.2 Å². The molecule has 3 unspecified atom stereocenters. The molecule has 3 atom stereocenters. The van der Waals surface area contributed by atoms with Crippen molar-refractivity contribution >= 4 is 11.8 Å². The molecule has 0 aromatic heterocycles. The van der Waals surface area contributed by atoms with Crippen molar-refractivity contribution in [3.63, 3.8) is 0 Å². The van der Waals surface area contributed by atoms with Gasteiger partial charge in [-0.25, -0.2) is 0 Å². The molecule has 0 radical (unpaired) electrons. The molecule has 0 aromatic carbocycles. The Bertz CT molecular complexity index is 154. The molecule has 0 saturated heterocycles. The van der Waals surface area contributed by atoms with Crippen LogP contribution in [0.5, 0.6) is 0 Å². The standard InChI is InChI=1S/C11H23NOS/c1-9(7-8-14-2)12-10-5-3-4-6-11(10)13/h9-13H,3-8H2,1-2H3. The van der Waals surface area contributed by atoms with Crippen LogP contribution in [0.3, 0.4) is 0 Å². The summed E-state index contributed by atoms with van der Waals surface area (Å²) in [6, 6.07) is 0.890. The molecule has 2 N–H and O–H groups in total. The van der Waals surface area contributed by atoms with Crippen molar-refractivity contribution < 1.29 is 5.11 Å². The molecule has 0 amide bonds. The van der Waals surface area contributed by atoms with Crippen molar-refractivity contribution in [1.29, 1.82) is 0 Å². The van der Waals surface area contributed by atoms with Crippen molar-refractivity contribution in [3.05, 3.63) is 0 Å². The first-order chi connectivity index (χ1) is 6.74. The molecule has 0 aliphatic heterocycles. The summed E-state index contributed by atoms with van der Waals surface area (Å²) in [5.74, 6) is 1.21. The molecule has 0 heterocycles. The zero-order valence-electron chi connectivity index (χ0n) is 9.33. The predicted molar refractivity (Wildman–Crippen MR) is 63.9 cm³/mol. The minimum absolute atomic E-state index is 0.111. The quantitative estimate of drug-likeness (QED) is 0.739. The Kier molecular flexibility index (Phi) is 5.90. The fourth-order valence-electron chi connectivity index (χ4n) is 2.05. The summed E-state index contributed by atoms with van der Waals surface area (Å²) in [7, 11) is 0. The van der Waals surface area contributed by atoms with Crippen LogP contribution >= 0.6 is 11.8 Å². The molecule has 14 heavy (non-hydrogen) atoms. The van der Waals surface area contributed by atoms with Crippen LogP contribution in [0, 0.1) is 0 Å². The van der Waals surface area contributed by atoms with Crippen molar-refractivity contribution in [3.8, 4) is 0 Å². The number of hydrogen-bond acceptors (Lipinski definition) is 3. The molecule has 0 aromatic rings. The highest BCUT2D eigenvalue weighted by Crippen LogP contribution is 2.19. The maximum atomic E-state index is 9.78. The summed E-state index contributed by atoms with van der Waals surface area (Å²) in [6.45, 7) is 2.22. The van der Waals surface area contributed by atoms with Crippen LogP contribution in [-0.4, -0.2) is 35.3 Å². The van der Waals surface area contributed by atoms with E-state index in [0.29, 0.717) is 12.1 Å². The van der Waals surface area contributed by atoms with Crippen LogP contribution in [-0.2, 0) is 0 Å². The van der Waals surface area contributed by atoms with E-state index < -0.39 is 0 Å². The first-order valence-electron chi connectivity index (χ1n) is 5.67. The van der Waals surface area contributed by atoms with Crippen LogP contribution < -0.4 is 5.32 Å². The molecule has 1 fully saturated rings. The molecule has 3 heteroatoms. The smallest absolute Gasteiger partial charge is 0.0693 e. The van der Waals surface area contributed by atoms with Gasteiger partial charge in [0.15, 0.2) is 0 Å². The number of aliphatic hydroxyl groups is 1. The molecule has 1 rings (SSSR count). The third-order valence-corrected chi connectivity index (χ3v) is 3.63. The number of hydrogen-bond donors (Lipinski definition) is 2. The zero-order chi connectivity index (χ0) is 10.4. The van der Waals surface area contributed by atoms with E-state index in [1.54, 1.807) is 0 Å². The Labute approximate surface area is 91.9 Å². The van der Waals surface area contributed by atoms with Crippen LogP contribution in [0.15, 0.2) is 0 Å². The average Bonchev–Trinajstić information content (AvgIpc) is 2.18. The van der Waals surface area contributed by atoms with Gasteiger partial charge in [-0.05, 0) is 38.2 Å². The lowest BCUT2D eigenvalue weighted by Crippen LogP contribution is -2.46. The lowest BCUT2D eigenvalue weighted by atomic mass is 9.92. The summed E-state index contributed by atoms with van der Waals surface area (Å²) in [5.41, 5.74) is 0. The Morgan fingerprint density at radius 2 is 2.14 bits per heavy atom. The topological polar surface area (TPSA) is 32.3 Å². The maximum absolute atomic E-state index is 9.78. The van der Waals surface area contributed by atoms with Gasteiger partial charge in [-0.15, -0.1) is 0 Å². The fraction of sp³-hybridized carbons (Fsp3) is 1.00. The minimum atomic E-state index is -0.111. The van der Waals surface area contributed by atoms with E-state index >= 15 is 0 Å². The number of thioether (sulfide) groups is 1. The second-order valence-electron chi connectivity index (χ2n) is 4.31. The van der Waals surface area contributed by atoms with Crippen LogP contribution in [0.2, 0.25) is 0 Å². The first-order valence-corrected chi connectivity index (χ1v) is 7.06. The van der Waals surface area contributed by atoms with E-state index in [4.69, 9.17) is 0 Å². The highest BCUT2D eigenvalue weighted by atomic mass is 32.2. The molecule has 84 valence electrons. The van der Waals surface area contributed by atoms with E-state index in [9.17, 15) is 5.11 Å². The Morgan fingerprint density at radius 1 is 1.43 bits per heavy atom.